The number of amides is 2. The summed E-state index contributed by atoms with van der Waals surface area (Å²) in [5, 5.41) is 2.89. The quantitative estimate of drug-likeness (QED) is 0.398. The van der Waals surface area contributed by atoms with Crippen LogP contribution in [0.25, 0.3) is 0 Å². The summed E-state index contributed by atoms with van der Waals surface area (Å²) in [6, 6.07) is -0.612. The van der Waals surface area contributed by atoms with Crippen molar-refractivity contribution >= 4 is 39.4 Å². The Morgan fingerprint density at radius 1 is 1.44 bits per heavy atom. The Morgan fingerprint density at radius 2 is 2.11 bits per heavy atom. The van der Waals surface area contributed by atoms with Crippen LogP contribution in [0.4, 0.5) is 11.6 Å². The molecule has 1 fully saturated rings. The second kappa shape index (κ2) is 4.86. The molecule has 0 saturated carbocycles. The molecule has 8 nitrogen and oxygen atoms in total. The van der Waals surface area contributed by atoms with Crippen molar-refractivity contribution in [2.75, 3.05) is 17.8 Å². The molecule has 1 aromatic heterocycles. The first kappa shape index (κ1) is 12.7. The topological polar surface area (TPSA) is 113 Å². The first-order valence-electron chi connectivity index (χ1n) is 5.08. The van der Waals surface area contributed by atoms with Crippen molar-refractivity contribution in [1.82, 2.24) is 14.9 Å². The molecule has 1 saturated heterocycles. The average molecular weight is 315 g/mol. The zero-order chi connectivity index (χ0) is 13.3. The van der Waals surface area contributed by atoms with Crippen LogP contribution < -0.4 is 16.6 Å². The highest BCUT2D eigenvalue weighted by Crippen LogP contribution is 2.27. The number of hydrazine groups is 1. The predicted molar refractivity (Wildman–Crippen MR) is 67.3 cm³/mol. The van der Waals surface area contributed by atoms with Crippen LogP contribution in [0.5, 0.6) is 0 Å². The van der Waals surface area contributed by atoms with E-state index in [1.165, 1.54) is 13.4 Å². The molecule has 0 bridgehead atoms. The normalized spacial score (nSPS) is 19.3. The number of likely N-dealkylation sites (tertiary alicyclic amines) is 1. The van der Waals surface area contributed by atoms with Crippen molar-refractivity contribution in [1.29, 1.82) is 0 Å². The molecule has 2 rings (SSSR count). The van der Waals surface area contributed by atoms with Crippen molar-refractivity contribution in [3.63, 3.8) is 0 Å². The van der Waals surface area contributed by atoms with E-state index in [4.69, 9.17) is 5.84 Å². The molecule has 1 aliphatic rings. The van der Waals surface area contributed by atoms with E-state index < -0.39 is 6.04 Å². The highest BCUT2D eigenvalue weighted by atomic mass is 79.9. The van der Waals surface area contributed by atoms with Crippen LogP contribution in [-0.2, 0) is 9.59 Å². The molecule has 1 unspecified atom stereocenters. The number of anilines is 2. The molecule has 18 heavy (non-hydrogen) atoms. The number of nitrogens with zero attached hydrogens (tertiary/aromatic N) is 3. The maximum Gasteiger partial charge on any atom is 0.251 e. The van der Waals surface area contributed by atoms with E-state index in [1.54, 1.807) is 0 Å². The molecule has 1 aliphatic heterocycles. The Bertz CT molecular complexity index is 508. The molecule has 0 aliphatic carbocycles. The molecule has 2 amide bonds. The molecule has 9 heteroatoms. The average Bonchev–Trinajstić information content (AvgIpc) is 2.60. The predicted octanol–water partition coefficient (Wildman–Crippen LogP) is -0.306. The van der Waals surface area contributed by atoms with Crippen LogP contribution in [-0.4, -0.2) is 39.8 Å². The summed E-state index contributed by atoms with van der Waals surface area (Å²) in [6.07, 6.45) is 1.41. The second-order valence-electron chi connectivity index (χ2n) is 3.72. The van der Waals surface area contributed by atoms with Gasteiger partial charge in [-0.3, -0.25) is 14.5 Å². The van der Waals surface area contributed by atoms with E-state index in [0.717, 1.165) is 4.90 Å². The fourth-order valence-electron chi connectivity index (χ4n) is 1.60. The van der Waals surface area contributed by atoms with Gasteiger partial charge in [0, 0.05) is 7.05 Å². The Morgan fingerprint density at radius 3 is 2.67 bits per heavy atom. The maximum absolute atomic E-state index is 11.7. The van der Waals surface area contributed by atoms with E-state index in [9.17, 15) is 9.59 Å². The fourth-order valence-corrected chi connectivity index (χ4v) is 2.04. The minimum atomic E-state index is -0.612. The third-order valence-electron chi connectivity index (χ3n) is 2.62. The number of rotatable bonds is 3. The van der Waals surface area contributed by atoms with Gasteiger partial charge in [0.15, 0.2) is 5.82 Å². The van der Waals surface area contributed by atoms with E-state index >= 15 is 0 Å². The zero-order valence-electron chi connectivity index (χ0n) is 9.48. The van der Waals surface area contributed by atoms with Gasteiger partial charge in [-0.05, 0) is 15.9 Å². The van der Waals surface area contributed by atoms with E-state index in [-0.39, 0.29) is 18.2 Å². The Labute approximate surface area is 111 Å². The molecule has 1 atom stereocenters. The van der Waals surface area contributed by atoms with Crippen molar-refractivity contribution in [3.05, 3.63) is 10.8 Å². The van der Waals surface area contributed by atoms with Crippen LogP contribution in [0.1, 0.15) is 6.42 Å². The third-order valence-corrected chi connectivity index (χ3v) is 3.37. The van der Waals surface area contributed by atoms with Gasteiger partial charge in [0.05, 0.1) is 6.42 Å². The van der Waals surface area contributed by atoms with Gasteiger partial charge in [-0.25, -0.2) is 15.8 Å². The number of carbonyl (C=O) groups is 2. The summed E-state index contributed by atoms with van der Waals surface area (Å²) < 4.78 is 0.502. The number of likely N-dealkylation sites (N-methyl/N-ethyl adjacent to an activating group) is 1. The minimum absolute atomic E-state index is 0.108. The van der Waals surface area contributed by atoms with Gasteiger partial charge >= 0.3 is 0 Å². The number of nitrogen functional groups attached to an aromatic ring is 1. The zero-order valence-corrected chi connectivity index (χ0v) is 11.1. The minimum Gasteiger partial charge on any atom is -0.357 e. The van der Waals surface area contributed by atoms with Crippen molar-refractivity contribution in [2.45, 2.75) is 12.5 Å². The number of halogens is 1. The van der Waals surface area contributed by atoms with Gasteiger partial charge in [0.2, 0.25) is 5.91 Å². The summed E-state index contributed by atoms with van der Waals surface area (Å²) in [6.45, 7) is 0. The number of nitrogens with two attached hydrogens (primary N) is 1. The second-order valence-corrected chi connectivity index (χ2v) is 4.51. The lowest BCUT2D eigenvalue weighted by Crippen LogP contribution is -2.32. The van der Waals surface area contributed by atoms with Crippen LogP contribution >= 0.6 is 15.9 Å². The van der Waals surface area contributed by atoms with Gasteiger partial charge < -0.3 is 10.7 Å². The molecule has 0 aromatic carbocycles. The summed E-state index contributed by atoms with van der Waals surface area (Å²) >= 11 is 3.26. The first-order valence-corrected chi connectivity index (χ1v) is 5.88. The summed E-state index contributed by atoms with van der Waals surface area (Å²) in [7, 11) is 1.45. The molecular weight excluding hydrogens is 304 g/mol. The summed E-state index contributed by atoms with van der Waals surface area (Å²) in [5.41, 5.74) is 2.39. The third kappa shape index (κ3) is 2.14. The van der Waals surface area contributed by atoms with Crippen molar-refractivity contribution in [3.8, 4) is 0 Å². The number of aromatic nitrogens is 2. The Balaban J connectivity index is 2.20. The lowest BCUT2D eigenvalue weighted by molar-refractivity contribution is -0.136. The SMILES string of the molecule is CN1C(=O)CC(Nc2ncnc(NN)c2Br)C1=O. The number of nitrogens with one attached hydrogen (secondary N) is 2. The van der Waals surface area contributed by atoms with Gasteiger partial charge in [0.1, 0.15) is 22.7 Å². The number of hydrogen-bond donors (Lipinski definition) is 3. The Kier molecular flexibility index (Phi) is 3.43. The van der Waals surface area contributed by atoms with E-state index in [1.807, 2.05) is 0 Å². The molecule has 96 valence electrons. The molecule has 0 radical (unpaired) electrons. The number of hydrogen-bond acceptors (Lipinski definition) is 7. The van der Waals surface area contributed by atoms with Crippen LogP contribution in [0.15, 0.2) is 10.8 Å². The van der Waals surface area contributed by atoms with Crippen molar-refractivity contribution in [2.24, 2.45) is 5.84 Å². The molecule has 2 heterocycles. The van der Waals surface area contributed by atoms with Gasteiger partial charge in [-0.1, -0.05) is 0 Å². The lowest BCUT2D eigenvalue weighted by Gasteiger charge is -2.13. The molecule has 0 spiro atoms. The fraction of sp³-hybridized carbons (Fsp3) is 0.333. The monoisotopic (exact) mass is 314 g/mol. The van der Waals surface area contributed by atoms with Gasteiger partial charge in [-0.15, -0.1) is 0 Å². The molecule has 4 N–H and O–H groups in total. The highest BCUT2D eigenvalue weighted by molar-refractivity contribution is 9.10. The van der Waals surface area contributed by atoms with Gasteiger partial charge in [0.25, 0.3) is 5.91 Å². The van der Waals surface area contributed by atoms with E-state index in [0.29, 0.717) is 16.1 Å². The van der Waals surface area contributed by atoms with Crippen LogP contribution in [0.3, 0.4) is 0 Å². The van der Waals surface area contributed by atoms with Crippen LogP contribution in [0, 0.1) is 0 Å². The van der Waals surface area contributed by atoms with Gasteiger partial charge in [-0.2, -0.15) is 0 Å². The Hall–Kier alpha value is -1.74. The summed E-state index contributed by atoms with van der Waals surface area (Å²) in [5.74, 6) is 5.55. The smallest absolute Gasteiger partial charge is 0.251 e. The van der Waals surface area contributed by atoms with Crippen molar-refractivity contribution < 1.29 is 9.59 Å². The largest absolute Gasteiger partial charge is 0.357 e. The van der Waals surface area contributed by atoms with E-state index in [2.05, 4.69) is 36.6 Å². The highest BCUT2D eigenvalue weighted by Gasteiger charge is 2.36. The summed E-state index contributed by atoms with van der Waals surface area (Å²) in [4.78, 5) is 32.1. The lowest BCUT2D eigenvalue weighted by atomic mass is 10.2. The first-order chi connectivity index (χ1) is 8.54. The molecule has 1 aromatic rings. The maximum atomic E-state index is 11.7. The number of carbonyl (C=O) groups excluding carboxylic acids is 2. The molecular formula is C9H11BrN6O2. The standard InChI is InChI=1S/C9H11BrN6O2/c1-16-5(17)2-4(9(16)18)14-7-6(10)8(15-11)13-3-12-7/h3-4H,2,11H2,1H3,(H2,12,13,14,15). The number of imide groups is 1. The van der Waals surface area contributed by atoms with Crippen LogP contribution in [0.2, 0.25) is 0 Å².